The summed E-state index contributed by atoms with van der Waals surface area (Å²) in [5.74, 6) is -37.9. The van der Waals surface area contributed by atoms with Crippen LogP contribution >= 0.6 is 0 Å². The van der Waals surface area contributed by atoms with E-state index in [-0.39, 0.29) is 0 Å². The standard InChI is InChI=1S/C14H12F18O/c15-7(16,13(29,30)9(19,20)5-11(23,24)25)1-3-33-4-2-8(17,18)14(31,32)10(21,22)6-12(26,27)28/h1-6H2. The Bertz CT molecular complexity index is 577. The molecule has 0 bridgehead atoms. The fourth-order valence-corrected chi connectivity index (χ4v) is 2.08. The molecule has 19 heteroatoms. The van der Waals surface area contributed by atoms with E-state index in [0.29, 0.717) is 0 Å². The second kappa shape index (κ2) is 9.39. The molecule has 0 saturated heterocycles. The third kappa shape index (κ3) is 7.87. The number of hydrogen-bond acceptors (Lipinski definition) is 1. The molecule has 0 N–H and O–H groups in total. The van der Waals surface area contributed by atoms with E-state index in [1.807, 2.05) is 0 Å². The molecule has 0 aliphatic carbocycles. The van der Waals surface area contributed by atoms with Crippen molar-refractivity contribution in [1.82, 2.24) is 0 Å². The van der Waals surface area contributed by atoms with Crippen molar-refractivity contribution in [3.8, 4) is 0 Å². The second-order valence-electron chi connectivity index (χ2n) is 6.66. The Balaban J connectivity index is 5.06. The van der Waals surface area contributed by atoms with E-state index >= 15 is 0 Å². The van der Waals surface area contributed by atoms with Crippen LogP contribution in [0.3, 0.4) is 0 Å². The van der Waals surface area contributed by atoms with Crippen LogP contribution in [0.4, 0.5) is 79.0 Å². The van der Waals surface area contributed by atoms with Crippen molar-refractivity contribution < 1.29 is 83.8 Å². The summed E-state index contributed by atoms with van der Waals surface area (Å²) in [6, 6.07) is 0. The summed E-state index contributed by atoms with van der Waals surface area (Å²) in [4.78, 5) is 0. The summed E-state index contributed by atoms with van der Waals surface area (Å²) in [5, 5.41) is 0. The van der Waals surface area contributed by atoms with E-state index in [4.69, 9.17) is 0 Å². The lowest BCUT2D eigenvalue weighted by molar-refractivity contribution is -0.335. The first kappa shape index (κ1) is 31.7. The topological polar surface area (TPSA) is 9.23 Å². The molecule has 0 unspecified atom stereocenters. The number of alkyl halides is 18. The smallest absolute Gasteiger partial charge is 0.381 e. The molecule has 0 heterocycles. The third-order valence-corrected chi connectivity index (χ3v) is 3.80. The molecule has 0 atom stereocenters. The maximum Gasteiger partial charge on any atom is 0.395 e. The van der Waals surface area contributed by atoms with Crippen LogP contribution in [-0.4, -0.2) is 61.1 Å². The molecule has 0 fully saturated rings. The molecular formula is C14H12F18O. The molecular weight excluding hydrogens is 526 g/mol. The van der Waals surface area contributed by atoms with E-state index in [2.05, 4.69) is 4.74 Å². The number of halogens is 18. The van der Waals surface area contributed by atoms with Crippen LogP contribution in [0.5, 0.6) is 0 Å². The minimum Gasteiger partial charge on any atom is -0.381 e. The summed E-state index contributed by atoms with van der Waals surface area (Å²) >= 11 is 0. The van der Waals surface area contributed by atoms with Gasteiger partial charge in [0.2, 0.25) is 0 Å². The summed E-state index contributed by atoms with van der Waals surface area (Å²) in [6.45, 7) is -3.88. The predicted octanol–water partition coefficient (Wildman–Crippen LogP) is 7.50. The van der Waals surface area contributed by atoms with Gasteiger partial charge in [0.25, 0.3) is 0 Å². The molecule has 0 aliphatic heterocycles. The van der Waals surface area contributed by atoms with E-state index in [0.717, 1.165) is 0 Å². The summed E-state index contributed by atoms with van der Waals surface area (Å²) in [5.41, 5.74) is 0. The molecule has 0 aromatic carbocycles. The van der Waals surface area contributed by atoms with Crippen LogP contribution in [-0.2, 0) is 4.74 Å². The molecule has 0 amide bonds. The highest BCUT2D eigenvalue weighted by Gasteiger charge is 2.74. The van der Waals surface area contributed by atoms with Crippen LogP contribution in [0, 0.1) is 0 Å². The van der Waals surface area contributed by atoms with Crippen molar-refractivity contribution in [2.75, 3.05) is 13.2 Å². The van der Waals surface area contributed by atoms with Crippen molar-refractivity contribution in [3.63, 3.8) is 0 Å². The summed E-state index contributed by atoms with van der Waals surface area (Å²) in [6.07, 6.45) is -24.5. The van der Waals surface area contributed by atoms with Gasteiger partial charge in [0.1, 0.15) is 12.8 Å². The minimum absolute atomic E-state index is 1.94. The van der Waals surface area contributed by atoms with Crippen molar-refractivity contribution >= 4 is 0 Å². The van der Waals surface area contributed by atoms with Gasteiger partial charge in [0.15, 0.2) is 0 Å². The van der Waals surface area contributed by atoms with Gasteiger partial charge in [-0.15, -0.1) is 0 Å². The van der Waals surface area contributed by atoms with E-state index in [9.17, 15) is 79.0 Å². The lowest BCUT2D eigenvalue weighted by atomic mass is 9.99. The normalized spacial score (nSPS) is 15.8. The Morgan fingerprint density at radius 2 is 0.606 bits per heavy atom. The number of ether oxygens (including phenoxy) is 1. The van der Waals surface area contributed by atoms with E-state index in [1.165, 1.54) is 0 Å². The minimum atomic E-state index is -6.64. The number of rotatable bonds is 12. The Labute approximate surface area is 172 Å². The molecule has 0 rings (SSSR count). The zero-order chi connectivity index (χ0) is 26.9. The van der Waals surface area contributed by atoms with Gasteiger partial charge < -0.3 is 4.74 Å². The fourth-order valence-electron chi connectivity index (χ4n) is 2.08. The van der Waals surface area contributed by atoms with Crippen LogP contribution in [0.15, 0.2) is 0 Å². The first-order valence-electron chi connectivity index (χ1n) is 8.10. The van der Waals surface area contributed by atoms with Gasteiger partial charge in [-0.2, -0.15) is 79.0 Å². The molecule has 1 nitrogen and oxygen atoms in total. The van der Waals surface area contributed by atoms with Gasteiger partial charge in [-0.25, -0.2) is 0 Å². The first-order valence-corrected chi connectivity index (χ1v) is 8.10. The monoisotopic (exact) mass is 538 g/mol. The molecule has 200 valence electrons. The number of hydrogen-bond donors (Lipinski definition) is 0. The molecule has 0 aromatic heterocycles. The Morgan fingerprint density at radius 1 is 0.364 bits per heavy atom. The Kier molecular flexibility index (Phi) is 9.02. The van der Waals surface area contributed by atoms with Gasteiger partial charge in [-0.05, 0) is 0 Å². The van der Waals surface area contributed by atoms with Crippen LogP contribution in [0.2, 0.25) is 0 Å². The molecule has 0 saturated carbocycles. The zero-order valence-electron chi connectivity index (χ0n) is 15.5. The molecule has 0 radical (unpaired) electrons. The van der Waals surface area contributed by atoms with Crippen LogP contribution < -0.4 is 0 Å². The average Bonchev–Trinajstić information content (AvgIpc) is 2.48. The van der Waals surface area contributed by atoms with E-state index < -0.39 is 86.8 Å². The van der Waals surface area contributed by atoms with Crippen LogP contribution in [0.25, 0.3) is 0 Å². The fraction of sp³-hybridized carbons (Fsp3) is 1.00. The highest BCUT2D eigenvalue weighted by molar-refractivity contribution is 4.98. The Morgan fingerprint density at radius 3 is 0.818 bits per heavy atom. The first-order chi connectivity index (χ1) is 14.1. The molecule has 0 aromatic rings. The highest BCUT2D eigenvalue weighted by atomic mass is 19.4. The zero-order valence-corrected chi connectivity index (χ0v) is 15.5. The van der Waals surface area contributed by atoms with Gasteiger partial charge in [-0.1, -0.05) is 0 Å². The largest absolute Gasteiger partial charge is 0.395 e. The van der Waals surface area contributed by atoms with Gasteiger partial charge in [0.05, 0.1) is 13.2 Å². The van der Waals surface area contributed by atoms with E-state index in [1.54, 1.807) is 0 Å². The lowest BCUT2D eigenvalue weighted by Crippen LogP contribution is -2.56. The molecule has 0 spiro atoms. The molecule has 0 aliphatic rings. The van der Waals surface area contributed by atoms with Gasteiger partial charge in [0, 0.05) is 12.8 Å². The van der Waals surface area contributed by atoms with Crippen molar-refractivity contribution in [2.24, 2.45) is 0 Å². The average molecular weight is 538 g/mol. The maximum atomic E-state index is 13.3. The second-order valence-corrected chi connectivity index (χ2v) is 6.66. The van der Waals surface area contributed by atoms with Crippen molar-refractivity contribution in [1.29, 1.82) is 0 Å². The maximum absolute atomic E-state index is 13.3. The highest BCUT2D eigenvalue weighted by Crippen LogP contribution is 2.52. The van der Waals surface area contributed by atoms with Gasteiger partial charge in [-0.3, -0.25) is 0 Å². The lowest BCUT2D eigenvalue weighted by Gasteiger charge is -2.34. The van der Waals surface area contributed by atoms with Crippen LogP contribution in [0.1, 0.15) is 25.7 Å². The molecule has 33 heavy (non-hydrogen) atoms. The predicted molar refractivity (Wildman–Crippen MR) is 71.1 cm³/mol. The Hall–Kier alpha value is -1.30. The van der Waals surface area contributed by atoms with Crippen molar-refractivity contribution in [3.05, 3.63) is 0 Å². The summed E-state index contributed by atoms with van der Waals surface area (Å²) < 4.78 is 233. The third-order valence-electron chi connectivity index (χ3n) is 3.80. The SMILES string of the molecule is FC(F)(F)CC(F)(F)C(F)(F)C(F)(F)CCOCCC(F)(F)C(F)(F)C(F)(F)CC(F)(F)F. The van der Waals surface area contributed by atoms with Crippen molar-refractivity contribution in [2.45, 2.75) is 73.6 Å². The summed E-state index contributed by atoms with van der Waals surface area (Å²) in [7, 11) is 0. The quantitative estimate of drug-likeness (QED) is 0.185. The van der Waals surface area contributed by atoms with Gasteiger partial charge >= 0.3 is 47.9 Å².